The van der Waals surface area contributed by atoms with Crippen molar-refractivity contribution < 1.29 is 17.9 Å². The molecule has 0 radical (unpaired) electrons. The zero-order chi connectivity index (χ0) is 15.4. The van der Waals surface area contributed by atoms with Gasteiger partial charge in [-0.15, -0.1) is 0 Å². The minimum atomic E-state index is -0.918. The van der Waals surface area contributed by atoms with Gasteiger partial charge in [-0.3, -0.25) is 0 Å². The van der Waals surface area contributed by atoms with Crippen LogP contribution in [0.2, 0.25) is 0 Å². The van der Waals surface area contributed by atoms with Crippen LogP contribution in [0, 0.1) is 17.5 Å². The van der Waals surface area contributed by atoms with Crippen molar-refractivity contribution in [2.45, 2.75) is 19.6 Å². The Labute approximate surface area is 121 Å². The van der Waals surface area contributed by atoms with Gasteiger partial charge in [-0.1, -0.05) is 6.07 Å². The third-order valence-corrected chi connectivity index (χ3v) is 3.25. The Balaban J connectivity index is 2.17. The summed E-state index contributed by atoms with van der Waals surface area (Å²) >= 11 is 0. The van der Waals surface area contributed by atoms with E-state index in [0.29, 0.717) is 16.9 Å². The molecule has 2 nitrogen and oxygen atoms in total. The average molecular weight is 295 g/mol. The van der Waals surface area contributed by atoms with Gasteiger partial charge in [0, 0.05) is 11.6 Å². The molecule has 2 aromatic carbocycles. The molecule has 2 rings (SSSR count). The molecular formula is C16H16F3NO. The second-order valence-corrected chi connectivity index (χ2v) is 4.73. The number of benzene rings is 2. The standard InChI is InChI=1S/C16H16F3NO/c1-10(20-2)13-8-12(17)4-6-16(13)21-9-11-3-5-14(18)15(19)7-11/h3-8,10,20H,9H2,1-2H3. The molecule has 21 heavy (non-hydrogen) atoms. The summed E-state index contributed by atoms with van der Waals surface area (Å²) in [6.45, 7) is 1.95. The molecule has 0 aromatic heterocycles. The van der Waals surface area contributed by atoms with Crippen molar-refractivity contribution in [3.63, 3.8) is 0 Å². The predicted octanol–water partition coefficient (Wildman–Crippen LogP) is 3.96. The van der Waals surface area contributed by atoms with Gasteiger partial charge in [0.15, 0.2) is 11.6 Å². The number of halogens is 3. The third-order valence-electron chi connectivity index (χ3n) is 3.25. The van der Waals surface area contributed by atoms with Crippen LogP contribution in [0.4, 0.5) is 13.2 Å². The van der Waals surface area contributed by atoms with E-state index in [0.717, 1.165) is 12.1 Å². The molecule has 0 aliphatic carbocycles. The maximum absolute atomic E-state index is 13.3. The summed E-state index contributed by atoms with van der Waals surface area (Å²) in [6, 6.07) is 7.70. The molecule has 0 amide bonds. The van der Waals surface area contributed by atoms with Crippen LogP contribution in [-0.4, -0.2) is 7.05 Å². The number of nitrogens with one attached hydrogen (secondary N) is 1. The lowest BCUT2D eigenvalue weighted by Gasteiger charge is -2.16. The van der Waals surface area contributed by atoms with E-state index in [1.165, 1.54) is 24.3 Å². The first-order valence-electron chi connectivity index (χ1n) is 6.54. The van der Waals surface area contributed by atoms with Gasteiger partial charge in [-0.05, 0) is 49.9 Å². The summed E-state index contributed by atoms with van der Waals surface area (Å²) in [5.41, 5.74) is 1.17. The highest BCUT2D eigenvalue weighted by Crippen LogP contribution is 2.26. The molecule has 5 heteroatoms. The summed E-state index contributed by atoms with van der Waals surface area (Å²) in [5, 5.41) is 3.01. The summed E-state index contributed by atoms with van der Waals surface area (Å²) in [7, 11) is 1.76. The summed E-state index contributed by atoms with van der Waals surface area (Å²) in [5.74, 6) is -1.67. The second-order valence-electron chi connectivity index (χ2n) is 4.73. The third kappa shape index (κ3) is 3.76. The Morgan fingerprint density at radius 3 is 2.48 bits per heavy atom. The first-order chi connectivity index (χ1) is 10.0. The topological polar surface area (TPSA) is 21.3 Å². The van der Waals surface area contributed by atoms with Gasteiger partial charge in [-0.2, -0.15) is 0 Å². The van der Waals surface area contributed by atoms with Crippen LogP contribution in [0.3, 0.4) is 0 Å². The van der Waals surface area contributed by atoms with Gasteiger partial charge in [0.2, 0.25) is 0 Å². The minimum absolute atomic E-state index is 0.0757. The lowest BCUT2D eigenvalue weighted by molar-refractivity contribution is 0.298. The highest BCUT2D eigenvalue weighted by atomic mass is 19.2. The normalized spacial score (nSPS) is 12.2. The SMILES string of the molecule is CNC(C)c1cc(F)ccc1OCc1ccc(F)c(F)c1. The Morgan fingerprint density at radius 1 is 1.05 bits per heavy atom. The van der Waals surface area contributed by atoms with Crippen molar-refractivity contribution >= 4 is 0 Å². The maximum atomic E-state index is 13.3. The van der Waals surface area contributed by atoms with Crippen molar-refractivity contribution in [3.8, 4) is 5.75 Å². The molecular weight excluding hydrogens is 279 g/mol. The molecule has 112 valence electrons. The van der Waals surface area contributed by atoms with Crippen LogP contribution in [-0.2, 0) is 6.61 Å². The fraction of sp³-hybridized carbons (Fsp3) is 0.250. The van der Waals surface area contributed by atoms with Gasteiger partial charge < -0.3 is 10.1 Å². The zero-order valence-electron chi connectivity index (χ0n) is 11.8. The Hall–Kier alpha value is -2.01. The monoisotopic (exact) mass is 295 g/mol. The van der Waals surface area contributed by atoms with E-state index in [9.17, 15) is 13.2 Å². The van der Waals surface area contributed by atoms with Gasteiger partial charge in [0.05, 0.1) is 0 Å². The van der Waals surface area contributed by atoms with Crippen LogP contribution in [0.25, 0.3) is 0 Å². The smallest absolute Gasteiger partial charge is 0.159 e. The highest BCUT2D eigenvalue weighted by Gasteiger charge is 2.12. The van der Waals surface area contributed by atoms with Gasteiger partial charge >= 0.3 is 0 Å². The van der Waals surface area contributed by atoms with Crippen LogP contribution in [0.15, 0.2) is 36.4 Å². The number of hydrogen-bond donors (Lipinski definition) is 1. The molecule has 1 N–H and O–H groups in total. The molecule has 0 aliphatic rings. The fourth-order valence-electron chi connectivity index (χ4n) is 1.94. The summed E-state index contributed by atoms with van der Waals surface area (Å²) in [4.78, 5) is 0. The quantitative estimate of drug-likeness (QED) is 0.901. The molecule has 0 bridgehead atoms. The highest BCUT2D eigenvalue weighted by molar-refractivity contribution is 5.36. The number of ether oxygens (including phenoxy) is 1. The number of rotatable bonds is 5. The molecule has 1 unspecified atom stereocenters. The molecule has 0 saturated heterocycles. The maximum Gasteiger partial charge on any atom is 0.159 e. The first-order valence-corrected chi connectivity index (χ1v) is 6.54. The van der Waals surface area contributed by atoms with E-state index in [1.54, 1.807) is 7.05 Å². The van der Waals surface area contributed by atoms with Crippen molar-refractivity contribution in [2.75, 3.05) is 7.05 Å². The van der Waals surface area contributed by atoms with Gasteiger partial charge in [-0.25, -0.2) is 13.2 Å². The van der Waals surface area contributed by atoms with E-state index >= 15 is 0 Å². The van der Waals surface area contributed by atoms with Crippen molar-refractivity contribution in [2.24, 2.45) is 0 Å². The zero-order valence-corrected chi connectivity index (χ0v) is 11.8. The van der Waals surface area contributed by atoms with Crippen LogP contribution >= 0.6 is 0 Å². The first kappa shape index (κ1) is 15.4. The molecule has 2 aromatic rings. The largest absolute Gasteiger partial charge is 0.489 e. The van der Waals surface area contributed by atoms with E-state index in [4.69, 9.17) is 4.74 Å². The van der Waals surface area contributed by atoms with E-state index < -0.39 is 11.6 Å². The summed E-state index contributed by atoms with van der Waals surface area (Å²) in [6.07, 6.45) is 0. The van der Waals surface area contributed by atoms with Crippen molar-refractivity contribution in [1.82, 2.24) is 5.32 Å². The minimum Gasteiger partial charge on any atom is -0.489 e. The molecule has 0 saturated carbocycles. The molecule has 0 fully saturated rings. The lowest BCUT2D eigenvalue weighted by Crippen LogP contribution is -2.14. The summed E-state index contributed by atoms with van der Waals surface area (Å²) < 4.78 is 44.9. The van der Waals surface area contributed by atoms with Gasteiger partial charge in [0.1, 0.15) is 18.2 Å². The number of hydrogen-bond acceptors (Lipinski definition) is 2. The Kier molecular flexibility index (Phi) is 4.85. The molecule has 0 spiro atoms. The van der Waals surface area contributed by atoms with Crippen LogP contribution < -0.4 is 10.1 Å². The van der Waals surface area contributed by atoms with Crippen molar-refractivity contribution in [3.05, 3.63) is 65.0 Å². The van der Waals surface area contributed by atoms with Crippen LogP contribution in [0.1, 0.15) is 24.1 Å². The second kappa shape index (κ2) is 6.63. The molecule has 0 heterocycles. The van der Waals surface area contributed by atoms with Crippen LogP contribution in [0.5, 0.6) is 5.75 Å². The molecule has 1 atom stereocenters. The Morgan fingerprint density at radius 2 is 1.81 bits per heavy atom. The predicted molar refractivity (Wildman–Crippen MR) is 74.6 cm³/mol. The van der Waals surface area contributed by atoms with Crippen molar-refractivity contribution in [1.29, 1.82) is 0 Å². The Bertz CT molecular complexity index is 631. The van der Waals surface area contributed by atoms with E-state index in [1.807, 2.05) is 6.92 Å². The average Bonchev–Trinajstić information content (AvgIpc) is 2.48. The lowest BCUT2D eigenvalue weighted by atomic mass is 10.1. The van der Waals surface area contributed by atoms with Gasteiger partial charge in [0.25, 0.3) is 0 Å². The van der Waals surface area contributed by atoms with E-state index in [2.05, 4.69) is 5.32 Å². The van der Waals surface area contributed by atoms with E-state index in [-0.39, 0.29) is 18.5 Å². The fourth-order valence-corrected chi connectivity index (χ4v) is 1.94. The molecule has 0 aliphatic heterocycles.